The first-order valence-corrected chi connectivity index (χ1v) is 6.41. The third-order valence-electron chi connectivity index (χ3n) is 2.26. The Hall–Kier alpha value is -0.0800. The van der Waals surface area contributed by atoms with Crippen molar-refractivity contribution >= 4 is 29.9 Å². The molecule has 0 aromatic heterocycles. The van der Waals surface area contributed by atoms with Crippen molar-refractivity contribution in [2.45, 2.75) is 32.6 Å². The quantitative estimate of drug-likeness (QED) is 0.251. The fourth-order valence-electron chi connectivity index (χ4n) is 1.33. The number of guanidine groups is 1. The minimum Gasteiger partial charge on any atom is -0.385 e. The van der Waals surface area contributed by atoms with Crippen molar-refractivity contribution in [1.29, 1.82) is 0 Å². The minimum atomic E-state index is 0. The zero-order valence-corrected chi connectivity index (χ0v) is 13.9. The number of hydrogen-bond donors (Lipinski definition) is 2. The van der Waals surface area contributed by atoms with Crippen molar-refractivity contribution < 1.29 is 9.47 Å². The number of nitrogens with zero attached hydrogens (tertiary/aromatic N) is 1. The van der Waals surface area contributed by atoms with Crippen LogP contribution in [0.25, 0.3) is 0 Å². The molecule has 0 amide bonds. The molecule has 0 bridgehead atoms. The third-order valence-corrected chi connectivity index (χ3v) is 2.26. The highest BCUT2D eigenvalue weighted by Crippen LogP contribution is 1.93. The van der Waals surface area contributed by atoms with E-state index in [0.717, 1.165) is 58.6 Å². The van der Waals surface area contributed by atoms with Crippen molar-refractivity contribution in [1.82, 2.24) is 5.32 Å². The molecule has 0 radical (unpaired) electrons. The zero-order valence-electron chi connectivity index (χ0n) is 11.6. The molecule has 3 N–H and O–H groups in total. The van der Waals surface area contributed by atoms with Crippen LogP contribution in [0.5, 0.6) is 0 Å². The summed E-state index contributed by atoms with van der Waals surface area (Å²) in [6.45, 7) is 5.94. The van der Waals surface area contributed by atoms with Crippen molar-refractivity contribution in [3.05, 3.63) is 0 Å². The number of hydrogen-bond acceptors (Lipinski definition) is 3. The fraction of sp³-hybridized carbons (Fsp3) is 0.917. The van der Waals surface area contributed by atoms with Gasteiger partial charge in [-0.2, -0.15) is 0 Å². The second kappa shape index (κ2) is 16.9. The van der Waals surface area contributed by atoms with Crippen LogP contribution in [-0.4, -0.2) is 46.0 Å². The highest BCUT2D eigenvalue weighted by atomic mass is 127. The van der Waals surface area contributed by atoms with E-state index in [4.69, 9.17) is 15.2 Å². The standard InChI is InChI=1S/C12H27N3O2.HI/c1-3-17-11-7-9-15-12(13)14-8-5-4-6-10-16-2;/h3-11H2,1-2H3,(H3,13,14,15);1H. The van der Waals surface area contributed by atoms with Gasteiger partial charge in [-0.15, -0.1) is 24.0 Å². The lowest BCUT2D eigenvalue weighted by atomic mass is 10.2. The zero-order chi connectivity index (χ0) is 12.8. The molecular weight excluding hydrogens is 345 g/mol. The van der Waals surface area contributed by atoms with Gasteiger partial charge < -0.3 is 20.5 Å². The molecule has 0 aliphatic carbocycles. The molecule has 0 fully saturated rings. The van der Waals surface area contributed by atoms with Gasteiger partial charge in [0, 0.05) is 40.0 Å². The summed E-state index contributed by atoms with van der Waals surface area (Å²) in [5.41, 5.74) is 5.70. The molecule has 0 saturated heterocycles. The minimum absolute atomic E-state index is 0. The van der Waals surface area contributed by atoms with E-state index in [9.17, 15) is 0 Å². The Balaban J connectivity index is 0. The normalized spacial score (nSPS) is 11.1. The van der Waals surface area contributed by atoms with Crippen LogP contribution in [0, 0.1) is 0 Å². The summed E-state index contributed by atoms with van der Waals surface area (Å²) in [7, 11) is 1.73. The highest BCUT2D eigenvalue weighted by molar-refractivity contribution is 14.0. The van der Waals surface area contributed by atoms with Crippen molar-refractivity contribution in [3.63, 3.8) is 0 Å². The maximum absolute atomic E-state index is 5.70. The van der Waals surface area contributed by atoms with E-state index in [1.54, 1.807) is 7.11 Å². The van der Waals surface area contributed by atoms with Gasteiger partial charge in [0.25, 0.3) is 0 Å². The van der Waals surface area contributed by atoms with E-state index >= 15 is 0 Å². The van der Waals surface area contributed by atoms with Crippen molar-refractivity contribution in [2.24, 2.45) is 10.7 Å². The second-order valence-corrected chi connectivity index (χ2v) is 3.80. The van der Waals surface area contributed by atoms with Gasteiger partial charge in [0.1, 0.15) is 0 Å². The first-order valence-electron chi connectivity index (χ1n) is 6.41. The topological polar surface area (TPSA) is 68.9 Å². The summed E-state index contributed by atoms with van der Waals surface area (Å²) in [4.78, 5) is 4.21. The Bertz CT molecular complexity index is 192. The van der Waals surface area contributed by atoms with Crippen LogP contribution < -0.4 is 11.1 Å². The third kappa shape index (κ3) is 15.9. The molecule has 18 heavy (non-hydrogen) atoms. The van der Waals surface area contributed by atoms with E-state index in [0.29, 0.717) is 5.96 Å². The van der Waals surface area contributed by atoms with Crippen LogP contribution in [0.3, 0.4) is 0 Å². The number of methoxy groups -OCH3 is 1. The first kappa shape index (κ1) is 20.2. The summed E-state index contributed by atoms with van der Waals surface area (Å²) in [5, 5.41) is 3.10. The van der Waals surface area contributed by atoms with E-state index in [2.05, 4.69) is 10.3 Å². The number of aliphatic imine (C=N–C) groups is 1. The SMILES string of the molecule is CCOCCCN=C(N)NCCCCCOC.I. The number of halogens is 1. The van der Waals surface area contributed by atoms with Gasteiger partial charge in [0.15, 0.2) is 5.96 Å². The Labute approximate surface area is 128 Å². The average molecular weight is 373 g/mol. The van der Waals surface area contributed by atoms with Crippen molar-refractivity contribution in [2.75, 3.05) is 40.0 Å². The van der Waals surface area contributed by atoms with Crippen LogP contribution in [0.4, 0.5) is 0 Å². The van der Waals surface area contributed by atoms with Gasteiger partial charge in [0.05, 0.1) is 0 Å². The summed E-state index contributed by atoms with van der Waals surface area (Å²) in [6, 6.07) is 0. The van der Waals surface area contributed by atoms with Gasteiger partial charge in [-0.05, 0) is 32.6 Å². The Kier molecular flexibility index (Phi) is 19.0. The second-order valence-electron chi connectivity index (χ2n) is 3.80. The Morgan fingerprint density at radius 1 is 1.17 bits per heavy atom. The monoisotopic (exact) mass is 373 g/mol. The van der Waals surface area contributed by atoms with E-state index < -0.39 is 0 Å². The molecule has 0 aliphatic heterocycles. The predicted molar refractivity (Wildman–Crippen MR) is 86.7 cm³/mol. The highest BCUT2D eigenvalue weighted by Gasteiger charge is 1.92. The molecule has 5 nitrogen and oxygen atoms in total. The van der Waals surface area contributed by atoms with E-state index in [1.165, 1.54) is 0 Å². The van der Waals surface area contributed by atoms with Gasteiger partial charge in [0.2, 0.25) is 0 Å². The van der Waals surface area contributed by atoms with E-state index in [-0.39, 0.29) is 24.0 Å². The van der Waals surface area contributed by atoms with Gasteiger partial charge in [-0.1, -0.05) is 0 Å². The van der Waals surface area contributed by atoms with Crippen molar-refractivity contribution in [3.8, 4) is 0 Å². The smallest absolute Gasteiger partial charge is 0.188 e. The van der Waals surface area contributed by atoms with Crippen LogP contribution in [0.15, 0.2) is 4.99 Å². The molecule has 0 atom stereocenters. The number of ether oxygens (including phenoxy) is 2. The molecule has 0 unspecified atom stereocenters. The van der Waals surface area contributed by atoms with E-state index in [1.807, 2.05) is 6.92 Å². The fourth-order valence-corrected chi connectivity index (χ4v) is 1.33. The van der Waals surface area contributed by atoms with Gasteiger partial charge in [-0.25, -0.2) is 0 Å². The lowest BCUT2D eigenvalue weighted by molar-refractivity contribution is 0.146. The maximum Gasteiger partial charge on any atom is 0.188 e. The van der Waals surface area contributed by atoms with Crippen LogP contribution in [0.2, 0.25) is 0 Å². The molecule has 6 heteroatoms. The molecule has 0 saturated carbocycles. The van der Waals surface area contributed by atoms with Gasteiger partial charge in [-0.3, -0.25) is 4.99 Å². The molecule has 0 spiro atoms. The molecule has 0 rings (SSSR count). The summed E-state index contributed by atoms with van der Waals surface area (Å²) >= 11 is 0. The predicted octanol–water partition coefficient (Wildman–Crippen LogP) is 1.75. The first-order chi connectivity index (χ1) is 8.31. The molecule has 0 heterocycles. The number of nitrogens with one attached hydrogen (secondary N) is 1. The molecule has 110 valence electrons. The number of nitrogens with two attached hydrogens (primary N) is 1. The van der Waals surface area contributed by atoms with Crippen LogP contribution in [-0.2, 0) is 9.47 Å². The van der Waals surface area contributed by atoms with Crippen LogP contribution in [0.1, 0.15) is 32.6 Å². The summed E-state index contributed by atoms with van der Waals surface area (Å²) < 4.78 is 10.2. The summed E-state index contributed by atoms with van der Waals surface area (Å²) in [5.74, 6) is 0.535. The summed E-state index contributed by atoms with van der Waals surface area (Å²) in [6.07, 6.45) is 4.27. The van der Waals surface area contributed by atoms with Crippen LogP contribution >= 0.6 is 24.0 Å². The molecule has 0 aromatic rings. The van der Waals surface area contributed by atoms with Gasteiger partial charge >= 0.3 is 0 Å². The average Bonchev–Trinajstić information content (AvgIpc) is 2.33. The lowest BCUT2D eigenvalue weighted by Crippen LogP contribution is -2.32. The Morgan fingerprint density at radius 3 is 2.61 bits per heavy atom. The lowest BCUT2D eigenvalue weighted by Gasteiger charge is -2.05. The molecule has 0 aromatic carbocycles. The molecular formula is C12H28IN3O2. The largest absolute Gasteiger partial charge is 0.385 e. The number of rotatable bonds is 11. The number of unbranched alkanes of at least 4 members (excludes halogenated alkanes) is 2. The molecule has 0 aliphatic rings. The maximum atomic E-state index is 5.70. The Morgan fingerprint density at radius 2 is 1.94 bits per heavy atom.